The van der Waals surface area contributed by atoms with E-state index >= 15 is 0 Å². The Hall–Kier alpha value is -2.38. The van der Waals surface area contributed by atoms with E-state index in [-0.39, 0.29) is 11.5 Å². The van der Waals surface area contributed by atoms with Gasteiger partial charge in [-0.1, -0.05) is 61.1 Å². The van der Waals surface area contributed by atoms with Crippen LogP contribution in [0, 0.1) is 0 Å². The van der Waals surface area contributed by atoms with Crippen LogP contribution in [0.4, 0.5) is 5.69 Å². The summed E-state index contributed by atoms with van der Waals surface area (Å²) in [6, 6.07) is 8.08. The molecule has 0 N–H and O–H groups in total. The number of aryl methyl sites for hydroxylation is 1. The molecule has 2 aliphatic rings. The molecule has 0 bridgehead atoms. The van der Waals surface area contributed by atoms with Gasteiger partial charge in [-0.3, -0.25) is 14.5 Å². The van der Waals surface area contributed by atoms with Gasteiger partial charge in [0.25, 0.3) is 11.5 Å². The summed E-state index contributed by atoms with van der Waals surface area (Å²) in [5.41, 5.74) is 2.41. The SMILES string of the molecule is C=CCN1C(=O)C(=Cc2c(N3CCCCCC3)c3ccccc3n(CC)c2=O)SC1=S. The molecule has 0 saturated carbocycles. The van der Waals surface area contributed by atoms with Gasteiger partial charge in [0.05, 0.1) is 21.7 Å². The zero-order valence-corrected chi connectivity index (χ0v) is 19.4. The first-order valence-corrected chi connectivity index (χ1v) is 12.1. The molecule has 4 rings (SSSR count). The number of anilines is 1. The van der Waals surface area contributed by atoms with Crippen LogP contribution in [0.25, 0.3) is 17.0 Å². The number of hydrogen-bond donors (Lipinski definition) is 0. The molecule has 7 heteroatoms. The maximum Gasteiger partial charge on any atom is 0.266 e. The second kappa shape index (κ2) is 9.40. The fraction of sp³-hybridized carbons (Fsp3) is 0.375. The third-order valence-corrected chi connectivity index (χ3v) is 7.26. The van der Waals surface area contributed by atoms with Gasteiger partial charge < -0.3 is 9.47 Å². The molecule has 0 unspecified atom stereocenters. The number of hydrogen-bond acceptors (Lipinski definition) is 5. The summed E-state index contributed by atoms with van der Waals surface area (Å²) < 4.78 is 2.30. The summed E-state index contributed by atoms with van der Waals surface area (Å²) in [6.45, 7) is 8.46. The smallest absolute Gasteiger partial charge is 0.266 e. The van der Waals surface area contributed by atoms with Crippen molar-refractivity contribution >= 4 is 56.9 Å². The van der Waals surface area contributed by atoms with E-state index in [4.69, 9.17) is 12.2 Å². The summed E-state index contributed by atoms with van der Waals surface area (Å²) in [6.07, 6.45) is 8.05. The van der Waals surface area contributed by atoms with E-state index in [9.17, 15) is 9.59 Å². The maximum atomic E-state index is 13.7. The summed E-state index contributed by atoms with van der Waals surface area (Å²) in [4.78, 5) is 31.0. The van der Waals surface area contributed by atoms with Crippen LogP contribution in [0.5, 0.6) is 0 Å². The molecule has 1 amide bonds. The first-order chi connectivity index (χ1) is 15.1. The van der Waals surface area contributed by atoms with Crippen LogP contribution >= 0.6 is 24.0 Å². The van der Waals surface area contributed by atoms with Gasteiger partial charge >= 0.3 is 0 Å². The van der Waals surface area contributed by atoms with Crippen molar-refractivity contribution in [3.8, 4) is 0 Å². The number of carbonyl (C=O) groups excluding carboxylic acids is 1. The van der Waals surface area contributed by atoms with Crippen molar-refractivity contribution in [3.63, 3.8) is 0 Å². The summed E-state index contributed by atoms with van der Waals surface area (Å²) in [7, 11) is 0. The van der Waals surface area contributed by atoms with Crippen molar-refractivity contribution in [1.82, 2.24) is 9.47 Å². The Labute approximate surface area is 192 Å². The molecule has 2 aromatic rings. The molecule has 2 saturated heterocycles. The summed E-state index contributed by atoms with van der Waals surface area (Å²) in [5.74, 6) is -0.160. The molecule has 2 fully saturated rings. The molecule has 162 valence electrons. The Morgan fingerprint density at radius 3 is 2.52 bits per heavy atom. The van der Waals surface area contributed by atoms with E-state index < -0.39 is 0 Å². The first-order valence-electron chi connectivity index (χ1n) is 10.8. The van der Waals surface area contributed by atoms with Gasteiger partial charge in [-0.05, 0) is 31.9 Å². The van der Waals surface area contributed by atoms with E-state index in [1.807, 2.05) is 25.1 Å². The molecule has 1 aromatic heterocycles. The lowest BCUT2D eigenvalue weighted by atomic mass is 10.1. The normalized spacial score (nSPS) is 18.8. The lowest BCUT2D eigenvalue weighted by molar-refractivity contribution is -0.121. The average Bonchev–Trinajstić information content (AvgIpc) is 2.95. The number of fused-ring (bicyclic) bond motifs is 1. The maximum absolute atomic E-state index is 13.7. The number of pyridine rings is 1. The molecule has 0 spiro atoms. The van der Waals surface area contributed by atoms with E-state index in [1.54, 1.807) is 16.7 Å². The molecule has 0 radical (unpaired) electrons. The van der Waals surface area contributed by atoms with E-state index in [1.165, 1.54) is 29.5 Å². The topological polar surface area (TPSA) is 45.6 Å². The highest BCUT2D eigenvalue weighted by atomic mass is 32.2. The minimum atomic E-state index is -0.160. The molecular weight excluding hydrogens is 426 g/mol. The number of amides is 1. The number of para-hydroxylation sites is 1. The van der Waals surface area contributed by atoms with Gasteiger partial charge in [-0.25, -0.2) is 0 Å². The van der Waals surface area contributed by atoms with Crippen LogP contribution in [0.1, 0.15) is 38.2 Å². The number of rotatable bonds is 5. The lowest BCUT2D eigenvalue weighted by Gasteiger charge is -2.27. The van der Waals surface area contributed by atoms with Crippen molar-refractivity contribution in [3.05, 3.63) is 57.7 Å². The Morgan fingerprint density at radius 2 is 1.84 bits per heavy atom. The van der Waals surface area contributed by atoms with Crippen molar-refractivity contribution in [1.29, 1.82) is 0 Å². The number of nitrogens with zero attached hydrogens (tertiary/aromatic N) is 3. The highest BCUT2D eigenvalue weighted by Gasteiger charge is 2.32. The second-order valence-electron chi connectivity index (χ2n) is 7.81. The van der Waals surface area contributed by atoms with E-state index in [0.717, 1.165) is 42.5 Å². The third kappa shape index (κ3) is 4.08. The van der Waals surface area contributed by atoms with E-state index in [0.29, 0.717) is 27.9 Å². The zero-order valence-electron chi connectivity index (χ0n) is 17.8. The van der Waals surface area contributed by atoms with Crippen LogP contribution in [-0.4, -0.2) is 39.3 Å². The molecule has 0 atom stereocenters. The number of aromatic nitrogens is 1. The van der Waals surface area contributed by atoms with Crippen molar-refractivity contribution in [2.45, 2.75) is 39.2 Å². The number of carbonyl (C=O) groups is 1. The van der Waals surface area contributed by atoms with Crippen LogP contribution in [-0.2, 0) is 11.3 Å². The predicted molar refractivity (Wildman–Crippen MR) is 135 cm³/mol. The van der Waals surface area contributed by atoms with Crippen LogP contribution in [0.15, 0.2) is 46.6 Å². The molecular formula is C24H27N3O2S2. The molecule has 3 heterocycles. The molecule has 31 heavy (non-hydrogen) atoms. The fourth-order valence-corrected chi connectivity index (χ4v) is 5.66. The van der Waals surface area contributed by atoms with Crippen molar-refractivity contribution in [2.24, 2.45) is 0 Å². The van der Waals surface area contributed by atoms with Crippen LogP contribution in [0.3, 0.4) is 0 Å². The van der Waals surface area contributed by atoms with Gasteiger partial charge in [0.1, 0.15) is 4.32 Å². The highest BCUT2D eigenvalue weighted by molar-refractivity contribution is 8.26. The largest absolute Gasteiger partial charge is 0.370 e. The van der Waals surface area contributed by atoms with Gasteiger partial charge in [0.2, 0.25) is 0 Å². The van der Waals surface area contributed by atoms with E-state index in [2.05, 4.69) is 17.5 Å². The average molecular weight is 454 g/mol. The minimum absolute atomic E-state index is 0.0607. The molecule has 2 aliphatic heterocycles. The van der Waals surface area contributed by atoms with Crippen molar-refractivity contribution in [2.75, 3.05) is 24.5 Å². The van der Waals surface area contributed by atoms with Gasteiger partial charge in [-0.2, -0.15) is 0 Å². The fourth-order valence-electron chi connectivity index (χ4n) is 4.41. The van der Waals surface area contributed by atoms with Crippen molar-refractivity contribution < 1.29 is 4.79 Å². The van der Waals surface area contributed by atoms with Crippen LogP contribution in [0.2, 0.25) is 0 Å². The first kappa shape index (κ1) is 21.8. The quantitative estimate of drug-likeness (QED) is 0.370. The number of thioether (sulfide) groups is 1. The Morgan fingerprint density at radius 1 is 1.13 bits per heavy atom. The zero-order chi connectivity index (χ0) is 22.0. The summed E-state index contributed by atoms with van der Waals surface area (Å²) in [5, 5.41) is 1.05. The Kier molecular flexibility index (Phi) is 6.62. The Bertz CT molecular complexity index is 1130. The third-order valence-electron chi connectivity index (χ3n) is 5.88. The number of benzene rings is 1. The molecule has 1 aromatic carbocycles. The Balaban J connectivity index is 1.95. The van der Waals surface area contributed by atoms with Gasteiger partial charge in [0, 0.05) is 31.6 Å². The van der Waals surface area contributed by atoms with Gasteiger partial charge in [-0.15, -0.1) is 6.58 Å². The van der Waals surface area contributed by atoms with Gasteiger partial charge in [0.15, 0.2) is 0 Å². The second-order valence-corrected chi connectivity index (χ2v) is 9.49. The number of thiocarbonyl (C=S) groups is 1. The van der Waals surface area contributed by atoms with Crippen LogP contribution < -0.4 is 10.5 Å². The highest BCUT2D eigenvalue weighted by Crippen LogP contribution is 2.36. The summed E-state index contributed by atoms with van der Waals surface area (Å²) >= 11 is 6.65. The monoisotopic (exact) mass is 453 g/mol. The lowest BCUT2D eigenvalue weighted by Crippen LogP contribution is -2.31. The molecule has 0 aliphatic carbocycles. The molecule has 5 nitrogen and oxygen atoms in total. The standard InChI is InChI=1S/C24H27N3O2S2/c1-3-13-27-23(29)20(31-24(27)30)16-18-21(25-14-9-5-6-10-15-25)17-11-7-8-12-19(17)26(4-2)22(18)28/h3,7-8,11-12,16H,1,4-6,9-10,13-15H2,2H3. The predicted octanol–water partition coefficient (Wildman–Crippen LogP) is 4.79. The minimum Gasteiger partial charge on any atom is -0.370 e.